The maximum atomic E-state index is 12.3. The van der Waals surface area contributed by atoms with Gasteiger partial charge in [0, 0.05) is 18.5 Å². The molecule has 2 heterocycles. The molecule has 0 fully saturated rings. The van der Waals surface area contributed by atoms with Crippen LogP contribution in [0.15, 0.2) is 17.8 Å². The van der Waals surface area contributed by atoms with Crippen LogP contribution < -0.4 is 5.32 Å². The molecular formula is C17H19N5O2S2. The fraction of sp³-hybridized carbons (Fsp3) is 0.412. The van der Waals surface area contributed by atoms with E-state index in [0.717, 1.165) is 24.8 Å². The second kappa shape index (κ2) is 8.49. The highest BCUT2D eigenvalue weighted by Crippen LogP contribution is 2.38. The number of methoxy groups -OCH3 is 1. The Labute approximate surface area is 160 Å². The lowest BCUT2D eigenvalue weighted by Gasteiger charge is -2.07. The van der Waals surface area contributed by atoms with Gasteiger partial charge < -0.3 is 14.6 Å². The summed E-state index contributed by atoms with van der Waals surface area (Å²) in [6.45, 7) is 4.63. The normalized spacial score (nSPS) is 12.6. The Morgan fingerprint density at radius 3 is 3.12 bits per heavy atom. The highest BCUT2D eigenvalue weighted by atomic mass is 32.2. The number of carbonyl (C=O) groups excluding carboxylic acids is 1. The zero-order valence-electron chi connectivity index (χ0n) is 14.4. The molecule has 9 heteroatoms. The molecule has 26 heavy (non-hydrogen) atoms. The van der Waals surface area contributed by atoms with Crippen molar-refractivity contribution >= 4 is 34.0 Å². The number of anilines is 1. The summed E-state index contributed by atoms with van der Waals surface area (Å²) in [6.07, 6.45) is 4.75. The number of amides is 1. The standard InChI is InChI=1S/C17H19N5O2S2/c1-3-7-22-14(9-24-2)20-21-17(22)25-10-15(23)19-16-12(8-18)11-5-4-6-13(11)26-16/h3H,1,4-7,9-10H2,2H3,(H,19,23). The average Bonchev–Trinajstić information content (AvgIpc) is 3.29. The number of hydrogen-bond donors (Lipinski definition) is 1. The van der Waals surface area contributed by atoms with Crippen LogP contribution in [0.25, 0.3) is 0 Å². The minimum Gasteiger partial charge on any atom is -0.377 e. The number of carbonyl (C=O) groups is 1. The highest BCUT2D eigenvalue weighted by molar-refractivity contribution is 7.99. The van der Waals surface area contributed by atoms with Crippen molar-refractivity contribution in [3.8, 4) is 6.07 Å². The number of fused-ring (bicyclic) bond motifs is 1. The van der Waals surface area contributed by atoms with Gasteiger partial charge in [-0.1, -0.05) is 17.8 Å². The Morgan fingerprint density at radius 1 is 1.54 bits per heavy atom. The maximum Gasteiger partial charge on any atom is 0.235 e. The first-order chi connectivity index (χ1) is 12.7. The SMILES string of the molecule is C=CCn1c(COC)nnc1SCC(=O)Nc1sc2c(c1C#N)CCC2. The molecule has 1 N–H and O–H groups in total. The second-order valence-corrected chi connectivity index (χ2v) is 7.79. The predicted molar refractivity (Wildman–Crippen MR) is 101 cm³/mol. The third-order valence-electron chi connectivity index (χ3n) is 4.00. The number of rotatable bonds is 8. The van der Waals surface area contributed by atoms with Crippen LogP contribution in [0.4, 0.5) is 5.00 Å². The first kappa shape index (κ1) is 18.6. The van der Waals surface area contributed by atoms with Gasteiger partial charge in [0.1, 0.15) is 17.7 Å². The summed E-state index contributed by atoms with van der Waals surface area (Å²) in [5.41, 5.74) is 1.73. The molecule has 1 aliphatic carbocycles. The molecule has 3 rings (SSSR count). The molecule has 0 aliphatic heterocycles. The van der Waals surface area contributed by atoms with Gasteiger partial charge in [0.15, 0.2) is 11.0 Å². The van der Waals surface area contributed by atoms with Gasteiger partial charge in [-0.25, -0.2) is 0 Å². The molecular weight excluding hydrogens is 370 g/mol. The van der Waals surface area contributed by atoms with Crippen molar-refractivity contribution in [3.63, 3.8) is 0 Å². The summed E-state index contributed by atoms with van der Waals surface area (Å²) >= 11 is 2.82. The number of thiophene rings is 1. The minimum absolute atomic E-state index is 0.159. The van der Waals surface area contributed by atoms with Gasteiger partial charge in [0.25, 0.3) is 0 Å². The first-order valence-corrected chi connectivity index (χ1v) is 9.97. The molecule has 0 atom stereocenters. The van der Waals surface area contributed by atoms with Crippen molar-refractivity contribution in [1.29, 1.82) is 5.26 Å². The van der Waals surface area contributed by atoms with Crippen LogP contribution >= 0.6 is 23.1 Å². The molecule has 1 aliphatic rings. The fourth-order valence-corrected chi connectivity index (χ4v) is 4.90. The fourth-order valence-electron chi connectivity index (χ4n) is 2.88. The monoisotopic (exact) mass is 389 g/mol. The predicted octanol–water partition coefficient (Wildman–Crippen LogP) is 2.76. The van der Waals surface area contributed by atoms with Crippen LogP contribution in [0.1, 0.15) is 28.2 Å². The van der Waals surface area contributed by atoms with E-state index < -0.39 is 0 Å². The van der Waals surface area contributed by atoms with E-state index in [1.807, 2.05) is 4.57 Å². The van der Waals surface area contributed by atoms with Gasteiger partial charge in [-0.15, -0.1) is 28.1 Å². The molecule has 0 saturated heterocycles. The summed E-state index contributed by atoms with van der Waals surface area (Å²) in [5, 5.41) is 21.8. The second-order valence-electron chi connectivity index (χ2n) is 5.74. The van der Waals surface area contributed by atoms with Crippen LogP contribution in [-0.4, -0.2) is 33.5 Å². The molecule has 136 valence electrons. The third kappa shape index (κ3) is 3.82. The lowest BCUT2D eigenvalue weighted by Crippen LogP contribution is -2.15. The van der Waals surface area contributed by atoms with Gasteiger partial charge in [-0.2, -0.15) is 5.26 Å². The smallest absolute Gasteiger partial charge is 0.235 e. The van der Waals surface area contributed by atoms with Crippen LogP contribution in [0.2, 0.25) is 0 Å². The van der Waals surface area contributed by atoms with Crippen molar-refractivity contribution in [2.24, 2.45) is 0 Å². The number of aryl methyl sites for hydroxylation is 1. The summed E-state index contributed by atoms with van der Waals surface area (Å²) in [4.78, 5) is 13.6. The van der Waals surface area contributed by atoms with Gasteiger partial charge in [0.2, 0.25) is 5.91 Å². The number of ether oxygens (including phenoxy) is 1. The van der Waals surface area contributed by atoms with E-state index in [9.17, 15) is 10.1 Å². The number of allylic oxidation sites excluding steroid dienone is 1. The number of nitriles is 1. The Balaban J connectivity index is 1.65. The van der Waals surface area contributed by atoms with Crippen molar-refractivity contribution in [1.82, 2.24) is 14.8 Å². The Bertz CT molecular complexity index is 865. The molecule has 7 nitrogen and oxygen atoms in total. The van der Waals surface area contributed by atoms with Crippen molar-refractivity contribution in [3.05, 3.63) is 34.5 Å². The quantitative estimate of drug-likeness (QED) is 0.551. The number of aromatic nitrogens is 3. The van der Waals surface area contributed by atoms with Crippen LogP contribution in [0.5, 0.6) is 0 Å². The van der Waals surface area contributed by atoms with E-state index >= 15 is 0 Å². The number of thioether (sulfide) groups is 1. The van der Waals surface area contributed by atoms with Gasteiger partial charge in [-0.3, -0.25) is 4.79 Å². The van der Waals surface area contributed by atoms with Crippen LogP contribution in [0.3, 0.4) is 0 Å². The Morgan fingerprint density at radius 2 is 2.38 bits per heavy atom. The van der Waals surface area contributed by atoms with E-state index in [4.69, 9.17) is 4.74 Å². The molecule has 0 aromatic carbocycles. The molecule has 0 spiro atoms. The van der Waals surface area contributed by atoms with Gasteiger partial charge in [0.05, 0.1) is 11.3 Å². The zero-order chi connectivity index (χ0) is 18.5. The topological polar surface area (TPSA) is 92.8 Å². The van der Waals surface area contributed by atoms with Crippen molar-refractivity contribution in [2.75, 3.05) is 18.2 Å². The lowest BCUT2D eigenvalue weighted by molar-refractivity contribution is -0.113. The number of nitrogens with zero attached hydrogens (tertiary/aromatic N) is 4. The zero-order valence-corrected chi connectivity index (χ0v) is 16.1. The van der Waals surface area contributed by atoms with Crippen molar-refractivity contribution in [2.45, 2.75) is 37.6 Å². The molecule has 1 amide bonds. The summed E-state index contributed by atoms with van der Waals surface area (Å²) in [7, 11) is 1.60. The van der Waals surface area contributed by atoms with E-state index in [0.29, 0.717) is 34.7 Å². The van der Waals surface area contributed by atoms with E-state index in [2.05, 4.69) is 28.2 Å². The Hall–Kier alpha value is -2.15. The molecule has 0 unspecified atom stereocenters. The summed E-state index contributed by atoms with van der Waals surface area (Å²) in [6, 6.07) is 2.24. The van der Waals surface area contributed by atoms with Crippen LogP contribution in [-0.2, 0) is 35.5 Å². The molecule has 0 radical (unpaired) electrons. The van der Waals surface area contributed by atoms with Gasteiger partial charge in [-0.05, 0) is 24.8 Å². The van der Waals surface area contributed by atoms with E-state index in [1.165, 1.54) is 28.0 Å². The summed E-state index contributed by atoms with van der Waals surface area (Å²) in [5.74, 6) is 0.722. The first-order valence-electron chi connectivity index (χ1n) is 8.17. The largest absolute Gasteiger partial charge is 0.377 e. The lowest BCUT2D eigenvalue weighted by atomic mass is 10.1. The number of hydrogen-bond acceptors (Lipinski definition) is 7. The average molecular weight is 390 g/mol. The van der Waals surface area contributed by atoms with E-state index in [1.54, 1.807) is 13.2 Å². The van der Waals surface area contributed by atoms with Crippen LogP contribution in [0, 0.1) is 11.3 Å². The molecule has 0 bridgehead atoms. The third-order valence-corrected chi connectivity index (χ3v) is 6.17. The maximum absolute atomic E-state index is 12.3. The number of nitrogens with one attached hydrogen (secondary N) is 1. The highest BCUT2D eigenvalue weighted by Gasteiger charge is 2.23. The van der Waals surface area contributed by atoms with Gasteiger partial charge >= 0.3 is 0 Å². The summed E-state index contributed by atoms with van der Waals surface area (Å²) < 4.78 is 6.98. The Kier molecular flexibility index (Phi) is 6.08. The molecule has 0 saturated carbocycles. The van der Waals surface area contributed by atoms with Crippen molar-refractivity contribution < 1.29 is 9.53 Å². The van der Waals surface area contributed by atoms with E-state index in [-0.39, 0.29) is 11.7 Å². The molecule has 2 aromatic heterocycles. The minimum atomic E-state index is -0.159. The molecule has 2 aromatic rings.